The topological polar surface area (TPSA) is 122 Å². The van der Waals surface area contributed by atoms with Crippen LogP contribution in [0.2, 0.25) is 0 Å². The van der Waals surface area contributed by atoms with E-state index in [1.54, 1.807) is 0 Å². The summed E-state index contributed by atoms with van der Waals surface area (Å²) >= 11 is 0. The van der Waals surface area contributed by atoms with E-state index in [1.165, 1.54) is 11.0 Å². The Morgan fingerprint density at radius 2 is 1.97 bits per heavy atom. The van der Waals surface area contributed by atoms with Crippen molar-refractivity contribution in [1.82, 2.24) is 10.2 Å². The minimum Gasteiger partial charge on any atom is -0.480 e. The van der Waals surface area contributed by atoms with Crippen LogP contribution in [-0.2, 0) is 25.5 Å². The predicted molar refractivity (Wildman–Crippen MR) is 122 cm³/mol. The second-order valence-electron chi connectivity index (χ2n) is 8.03. The molecule has 1 unspecified atom stereocenters. The molecule has 4 N–H and O–H groups in total. The monoisotopic (exact) mass is 445 g/mol. The van der Waals surface area contributed by atoms with Crippen LogP contribution >= 0.6 is 0 Å². The van der Waals surface area contributed by atoms with Gasteiger partial charge in [-0.1, -0.05) is 49.4 Å². The Morgan fingerprint density at radius 3 is 2.62 bits per heavy atom. The van der Waals surface area contributed by atoms with E-state index in [-0.39, 0.29) is 12.5 Å². The van der Waals surface area contributed by atoms with Crippen LogP contribution in [0.15, 0.2) is 43.0 Å². The summed E-state index contributed by atoms with van der Waals surface area (Å²) in [6.07, 6.45) is 5.57. The van der Waals surface area contributed by atoms with Gasteiger partial charge in [0.05, 0.1) is 6.04 Å². The number of nitrogens with one attached hydrogen (secondary N) is 1. The number of carbonyl (C=O) groups excluding carboxylic acids is 2. The molecule has 1 heterocycles. The van der Waals surface area contributed by atoms with Crippen molar-refractivity contribution in [2.75, 3.05) is 19.7 Å². The Balaban J connectivity index is 2.16. The zero-order valence-electron chi connectivity index (χ0n) is 18.6. The molecular formula is C24H35N3O5. The highest BCUT2D eigenvalue weighted by Gasteiger charge is 2.38. The second-order valence-corrected chi connectivity index (χ2v) is 8.03. The zero-order valence-corrected chi connectivity index (χ0v) is 18.6. The average Bonchev–Trinajstić information content (AvgIpc) is 3.29. The molecule has 1 saturated heterocycles. The van der Waals surface area contributed by atoms with Gasteiger partial charge in [-0.2, -0.15) is 0 Å². The number of amides is 1. The van der Waals surface area contributed by atoms with Gasteiger partial charge in [0.15, 0.2) is 0 Å². The first kappa shape index (κ1) is 25.5. The number of hydrogen-bond acceptors (Lipinski definition) is 6. The molecule has 1 aromatic carbocycles. The number of hydrogen-bond donors (Lipinski definition) is 3. The number of esters is 1. The summed E-state index contributed by atoms with van der Waals surface area (Å²) in [5.41, 5.74) is 6.69. The highest BCUT2D eigenvalue weighted by atomic mass is 16.5. The molecular weight excluding hydrogens is 410 g/mol. The number of aryl methyl sites for hydroxylation is 1. The first-order valence-electron chi connectivity index (χ1n) is 11.3. The Morgan fingerprint density at radius 1 is 1.22 bits per heavy atom. The molecule has 1 fully saturated rings. The Bertz CT molecular complexity index is 755. The Kier molecular flexibility index (Phi) is 10.9. The molecule has 1 aliphatic rings. The van der Waals surface area contributed by atoms with Crippen molar-refractivity contribution in [2.24, 2.45) is 5.73 Å². The smallest absolute Gasteiger partial charge is 0.326 e. The number of ether oxygens (including phenoxy) is 1. The number of unbranched alkanes of at least 4 members (excludes halogenated alkanes) is 1. The Hall–Kier alpha value is -2.71. The van der Waals surface area contributed by atoms with Crippen molar-refractivity contribution >= 4 is 17.8 Å². The lowest BCUT2D eigenvalue weighted by atomic mass is 10.0. The van der Waals surface area contributed by atoms with E-state index in [0.717, 1.165) is 12.0 Å². The standard InChI is InChI=1S/C24H35N3O5/c1-2-17-32-24(31)20(14-13-18-9-4-3-5-10-18)26-19(11-6-7-15-25)22(28)27-16-8-12-21(27)23(29)30/h2-5,9-10,19-21,26H,1,6-8,11-17,25H2,(H,29,30)/t19-,20?,21-/m0/s1. The molecule has 1 aliphatic heterocycles. The number of likely N-dealkylation sites (tertiary alicyclic amines) is 1. The fraction of sp³-hybridized carbons (Fsp3) is 0.542. The van der Waals surface area contributed by atoms with E-state index >= 15 is 0 Å². The SMILES string of the molecule is C=CCOC(=O)C(CCc1ccccc1)N[C@@H](CCCCN)C(=O)N1CCC[C@H]1C(=O)O. The van der Waals surface area contributed by atoms with Crippen LogP contribution in [0.5, 0.6) is 0 Å². The summed E-state index contributed by atoms with van der Waals surface area (Å²) in [7, 11) is 0. The maximum absolute atomic E-state index is 13.3. The molecule has 32 heavy (non-hydrogen) atoms. The number of aliphatic carboxylic acids is 1. The average molecular weight is 446 g/mol. The van der Waals surface area contributed by atoms with Crippen LogP contribution < -0.4 is 11.1 Å². The second kappa shape index (κ2) is 13.6. The third kappa shape index (κ3) is 7.76. The predicted octanol–water partition coefficient (Wildman–Crippen LogP) is 1.88. The van der Waals surface area contributed by atoms with Gasteiger partial charge in [0.2, 0.25) is 5.91 Å². The van der Waals surface area contributed by atoms with Crippen LogP contribution in [0.1, 0.15) is 44.1 Å². The van der Waals surface area contributed by atoms with Gasteiger partial charge >= 0.3 is 11.9 Å². The van der Waals surface area contributed by atoms with Crippen molar-refractivity contribution in [3.63, 3.8) is 0 Å². The lowest BCUT2D eigenvalue weighted by molar-refractivity contribution is -0.150. The molecule has 0 bridgehead atoms. The largest absolute Gasteiger partial charge is 0.480 e. The van der Waals surface area contributed by atoms with Crippen molar-refractivity contribution in [3.8, 4) is 0 Å². The molecule has 8 nitrogen and oxygen atoms in total. The highest BCUT2D eigenvalue weighted by Crippen LogP contribution is 2.20. The minimum atomic E-state index is -0.998. The third-order valence-corrected chi connectivity index (χ3v) is 5.66. The van der Waals surface area contributed by atoms with Crippen LogP contribution in [0.3, 0.4) is 0 Å². The fourth-order valence-corrected chi connectivity index (χ4v) is 3.97. The number of carboxylic acid groups (broad SMARTS) is 1. The number of nitrogens with two attached hydrogens (primary N) is 1. The summed E-state index contributed by atoms with van der Waals surface area (Å²) in [6.45, 7) is 4.56. The van der Waals surface area contributed by atoms with Gasteiger partial charge < -0.3 is 20.5 Å². The van der Waals surface area contributed by atoms with E-state index < -0.39 is 30.1 Å². The van der Waals surface area contributed by atoms with Crippen molar-refractivity contribution < 1.29 is 24.2 Å². The molecule has 1 aromatic rings. The first-order chi connectivity index (χ1) is 15.5. The summed E-state index contributed by atoms with van der Waals surface area (Å²) < 4.78 is 5.27. The molecule has 0 spiro atoms. The summed E-state index contributed by atoms with van der Waals surface area (Å²) in [5, 5.41) is 12.7. The van der Waals surface area contributed by atoms with Crippen molar-refractivity contribution in [3.05, 3.63) is 48.6 Å². The fourth-order valence-electron chi connectivity index (χ4n) is 3.97. The summed E-state index contributed by atoms with van der Waals surface area (Å²) in [6, 6.07) is 7.57. The van der Waals surface area contributed by atoms with Gasteiger partial charge in [-0.3, -0.25) is 14.9 Å². The maximum atomic E-state index is 13.3. The van der Waals surface area contributed by atoms with Crippen molar-refractivity contribution in [1.29, 1.82) is 0 Å². The number of carboxylic acids is 1. The number of carbonyl (C=O) groups is 3. The van der Waals surface area contributed by atoms with Crippen LogP contribution in [0.4, 0.5) is 0 Å². The highest BCUT2D eigenvalue weighted by molar-refractivity contribution is 5.88. The molecule has 0 radical (unpaired) electrons. The van der Waals surface area contributed by atoms with E-state index in [0.29, 0.717) is 51.6 Å². The molecule has 1 amide bonds. The van der Waals surface area contributed by atoms with Crippen molar-refractivity contribution in [2.45, 2.75) is 63.1 Å². The molecule has 176 valence electrons. The molecule has 0 aromatic heterocycles. The van der Waals surface area contributed by atoms with Crippen LogP contribution in [-0.4, -0.2) is 65.7 Å². The van der Waals surface area contributed by atoms with Gasteiger partial charge in [-0.05, 0) is 50.6 Å². The van der Waals surface area contributed by atoms with E-state index in [4.69, 9.17) is 10.5 Å². The summed E-state index contributed by atoms with van der Waals surface area (Å²) in [5.74, 6) is -1.73. The molecule has 0 aliphatic carbocycles. The lowest BCUT2D eigenvalue weighted by Crippen LogP contribution is -2.54. The molecule has 3 atom stereocenters. The Labute approximate surface area is 189 Å². The quantitative estimate of drug-likeness (QED) is 0.227. The maximum Gasteiger partial charge on any atom is 0.326 e. The number of rotatable bonds is 14. The third-order valence-electron chi connectivity index (χ3n) is 5.66. The van der Waals surface area contributed by atoms with Gasteiger partial charge in [0.25, 0.3) is 0 Å². The van der Waals surface area contributed by atoms with E-state index in [1.807, 2.05) is 30.3 Å². The van der Waals surface area contributed by atoms with Gasteiger partial charge in [0.1, 0.15) is 18.7 Å². The lowest BCUT2D eigenvalue weighted by Gasteiger charge is -2.30. The van der Waals surface area contributed by atoms with Gasteiger partial charge in [-0.15, -0.1) is 0 Å². The van der Waals surface area contributed by atoms with Crippen LogP contribution in [0.25, 0.3) is 0 Å². The summed E-state index contributed by atoms with van der Waals surface area (Å²) in [4.78, 5) is 39.1. The van der Waals surface area contributed by atoms with Crippen LogP contribution in [0, 0.1) is 0 Å². The zero-order chi connectivity index (χ0) is 23.3. The molecule has 8 heteroatoms. The van der Waals surface area contributed by atoms with E-state index in [9.17, 15) is 19.5 Å². The normalized spacial score (nSPS) is 17.5. The minimum absolute atomic E-state index is 0.0847. The van der Waals surface area contributed by atoms with E-state index in [2.05, 4.69) is 11.9 Å². The molecule has 2 rings (SSSR count). The number of nitrogens with zero attached hydrogens (tertiary/aromatic N) is 1. The first-order valence-corrected chi connectivity index (χ1v) is 11.3. The van der Waals surface area contributed by atoms with Gasteiger partial charge in [-0.25, -0.2) is 4.79 Å². The van der Waals surface area contributed by atoms with Gasteiger partial charge in [0, 0.05) is 6.54 Å². The number of benzene rings is 1. The molecule has 0 saturated carbocycles.